The molecule has 0 saturated heterocycles. The Morgan fingerprint density at radius 2 is 1.92 bits per heavy atom. The van der Waals surface area contributed by atoms with Gasteiger partial charge in [0.05, 0.1) is 6.42 Å². The van der Waals surface area contributed by atoms with Crippen LogP contribution in [0.2, 0.25) is 0 Å². The molecule has 0 fully saturated rings. The van der Waals surface area contributed by atoms with Crippen molar-refractivity contribution in [2.45, 2.75) is 46.6 Å². The highest BCUT2D eigenvalue weighted by molar-refractivity contribution is 5.89. The van der Waals surface area contributed by atoms with Gasteiger partial charge in [0, 0.05) is 36.9 Å². The van der Waals surface area contributed by atoms with Crippen molar-refractivity contribution in [2.75, 3.05) is 20.1 Å². The summed E-state index contributed by atoms with van der Waals surface area (Å²) in [6, 6.07) is 8.15. The van der Waals surface area contributed by atoms with Crippen LogP contribution < -0.4 is 5.32 Å². The molecular formula is C22H33N3O. The summed E-state index contributed by atoms with van der Waals surface area (Å²) in [5.41, 5.74) is 1.05. The number of carbonyl (C=O) groups excluding carboxylic acids is 1. The van der Waals surface area contributed by atoms with E-state index in [-0.39, 0.29) is 11.9 Å². The second kappa shape index (κ2) is 9.67. The molecule has 4 heteroatoms. The number of pyridine rings is 1. The van der Waals surface area contributed by atoms with Crippen LogP contribution in [0, 0.1) is 11.8 Å². The van der Waals surface area contributed by atoms with Crippen LogP contribution in [-0.2, 0) is 11.2 Å². The van der Waals surface area contributed by atoms with Gasteiger partial charge >= 0.3 is 0 Å². The van der Waals surface area contributed by atoms with Crippen LogP contribution in [0.1, 0.15) is 39.7 Å². The fraction of sp³-hybridized carbons (Fsp3) is 0.545. The van der Waals surface area contributed by atoms with Crippen molar-refractivity contribution in [3.8, 4) is 0 Å². The van der Waals surface area contributed by atoms with Gasteiger partial charge in [0.25, 0.3) is 0 Å². The minimum Gasteiger partial charge on any atom is -0.352 e. The predicted molar refractivity (Wildman–Crippen MR) is 109 cm³/mol. The van der Waals surface area contributed by atoms with Crippen LogP contribution in [0.25, 0.3) is 10.8 Å². The lowest BCUT2D eigenvalue weighted by molar-refractivity contribution is -0.121. The molecule has 0 aliphatic carbocycles. The van der Waals surface area contributed by atoms with Gasteiger partial charge in [-0.3, -0.25) is 9.78 Å². The number of aromatic nitrogens is 1. The summed E-state index contributed by atoms with van der Waals surface area (Å²) in [7, 11) is 2.14. The van der Waals surface area contributed by atoms with E-state index < -0.39 is 0 Å². The van der Waals surface area contributed by atoms with Crippen LogP contribution in [0.4, 0.5) is 0 Å². The number of benzene rings is 1. The molecule has 2 atom stereocenters. The molecule has 1 heterocycles. The van der Waals surface area contributed by atoms with Gasteiger partial charge in [-0.05, 0) is 49.2 Å². The summed E-state index contributed by atoms with van der Waals surface area (Å²) in [5, 5.41) is 5.32. The van der Waals surface area contributed by atoms with Crippen LogP contribution in [0.5, 0.6) is 0 Å². The fourth-order valence-electron chi connectivity index (χ4n) is 3.84. The largest absolute Gasteiger partial charge is 0.352 e. The van der Waals surface area contributed by atoms with Crippen molar-refractivity contribution in [1.82, 2.24) is 15.2 Å². The number of nitrogens with one attached hydrogen (secondary N) is 1. The van der Waals surface area contributed by atoms with Crippen molar-refractivity contribution in [3.63, 3.8) is 0 Å². The zero-order chi connectivity index (χ0) is 19.1. The first kappa shape index (κ1) is 20.4. The third-order valence-corrected chi connectivity index (χ3v) is 4.61. The summed E-state index contributed by atoms with van der Waals surface area (Å²) in [6.07, 6.45) is 5.26. The third kappa shape index (κ3) is 6.41. The number of hydrogen-bond acceptors (Lipinski definition) is 3. The lowest BCUT2D eigenvalue weighted by Crippen LogP contribution is -2.42. The van der Waals surface area contributed by atoms with Crippen molar-refractivity contribution in [1.29, 1.82) is 0 Å². The number of carbonyl (C=O) groups is 1. The van der Waals surface area contributed by atoms with Gasteiger partial charge in [-0.1, -0.05) is 39.0 Å². The Hall–Kier alpha value is -1.94. The van der Waals surface area contributed by atoms with E-state index in [4.69, 9.17) is 0 Å². The Kier molecular flexibility index (Phi) is 7.58. The number of nitrogens with zero attached hydrogens (tertiary/aromatic N) is 2. The number of hydrogen-bond donors (Lipinski definition) is 1. The first-order valence-electron chi connectivity index (χ1n) is 9.64. The van der Waals surface area contributed by atoms with Gasteiger partial charge in [-0.2, -0.15) is 0 Å². The average molecular weight is 356 g/mol. The van der Waals surface area contributed by atoms with Gasteiger partial charge in [0.15, 0.2) is 0 Å². The quantitative estimate of drug-likeness (QED) is 0.742. The summed E-state index contributed by atoms with van der Waals surface area (Å²) in [4.78, 5) is 18.9. The van der Waals surface area contributed by atoms with E-state index in [2.05, 4.69) is 49.9 Å². The van der Waals surface area contributed by atoms with Crippen molar-refractivity contribution in [3.05, 3.63) is 42.2 Å². The molecule has 1 N–H and O–H groups in total. The number of rotatable bonds is 9. The van der Waals surface area contributed by atoms with Crippen LogP contribution in [0.3, 0.4) is 0 Å². The van der Waals surface area contributed by atoms with E-state index in [1.807, 2.05) is 30.5 Å². The minimum absolute atomic E-state index is 0.0745. The van der Waals surface area contributed by atoms with E-state index in [0.29, 0.717) is 12.3 Å². The maximum Gasteiger partial charge on any atom is 0.224 e. The highest BCUT2D eigenvalue weighted by atomic mass is 16.1. The molecular weight excluding hydrogens is 322 g/mol. The Morgan fingerprint density at radius 3 is 2.65 bits per heavy atom. The zero-order valence-corrected chi connectivity index (χ0v) is 16.8. The molecule has 1 aromatic carbocycles. The highest BCUT2D eigenvalue weighted by Crippen LogP contribution is 2.18. The van der Waals surface area contributed by atoms with Gasteiger partial charge in [-0.15, -0.1) is 0 Å². The third-order valence-electron chi connectivity index (χ3n) is 4.61. The van der Waals surface area contributed by atoms with Crippen molar-refractivity contribution >= 4 is 16.7 Å². The molecule has 1 amide bonds. The summed E-state index contributed by atoms with van der Waals surface area (Å²) < 4.78 is 0. The SMILES string of the molecule is CC(C)CC(C)CN(C)CC(C)NC(=O)Cc1cccc2cnccc12. The maximum atomic E-state index is 12.5. The summed E-state index contributed by atoms with van der Waals surface area (Å²) in [5.74, 6) is 1.48. The van der Waals surface area contributed by atoms with E-state index in [9.17, 15) is 4.79 Å². The molecule has 2 rings (SSSR count). The summed E-state index contributed by atoms with van der Waals surface area (Å²) in [6.45, 7) is 10.8. The van der Waals surface area contributed by atoms with E-state index in [0.717, 1.165) is 35.3 Å². The average Bonchev–Trinajstić information content (AvgIpc) is 2.53. The second-order valence-electron chi connectivity index (χ2n) is 8.12. The van der Waals surface area contributed by atoms with Crippen molar-refractivity contribution in [2.24, 2.45) is 11.8 Å². The molecule has 0 saturated carbocycles. The Bertz CT molecular complexity index is 708. The van der Waals surface area contributed by atoms with Gasteiger partial charge < -0.3 is 10.2 Å². The van der Waals surface area contributed by atoms with E-state index >= 15 is 0 Å². The van der Waals surface area contributed by atoms with Crippen LogP contribution >= 0.6 is 0 Å². The highest BCUT2D eigenvalue weighted by Gasteiger charge is 2.14. The molecule has 4 nitrogen and oxygen atoms in total. The Balaban J connectivity index is 1.85. The fourth-order valence-corrected chi connectivity index (χ4v) is 3.84. The molecule has 0 spiro atoms. The monoisotopic (exact) mass is 355 g/mol. The standard InChI is InChI=1S/C22H33N3O/c1-16(2)11-17(3)14-25(5)15-18(4)24-22(26)12-19-7-6-8-20-13-23-10-9-21(19)20/h6-10,13,16-18H,11-12,14-15H2,1-5H3,(H,24,26). The number of amides is 1. The molecule has 0 aliphatic rings. The first-order chi connectivity index (χ1) is 12.3. The maximum absolute atomic E-state index is 12.5. The van der Waals surface area contributed by atoms with Crippen LogP contribution in [-0.4, -0.2) is 42.0 Å². The lowest BCUT2D eigenvalue weighted by Gasteiger charge is -2.25. The molecule has 1 aromatic heterocycles. The van der Waals surface area contributed by atoms with Gasteiger partial charge in [0.2, 0.25) is 5.91 Å². The predicted octanol–water partition coefficient (Wildman–Crippen LogP) is 3.90. The van der Waals surface area contributed by atoms with Crippen molar-refractivity contribution < 1.29 is 4.79 Å². The smallest absolute Gasteiger partial charge is 0.224 e. The molecule has 0 radical (unpaired) electrons. The normalized spacial score (nSPS) is 14.0. The van der Waals surface area contributed by atoms with E-state index in [1.54, 1.807) is 6.20 Å². The zero-order valence-electron chi connectivity index (χ0n) is 16.8. The Morgan fingerprint density at radius 1 is 1.15 bits per heavy atom. The first-order valence-corrected chi connectivity index (χ1v) is 9.64. The Labute approximate surface area is 158 Å². The topological polar surface area (TPSA) is 45.2 Å². The molecule has 2 unspecified atom stereocenters. The van der Waals surface area contributed by atoms with Crippen LogP contribution in [0.15, 0.2) is 36.7 Å². The molecule has 0 aliphatic heterocycles. The second-order valence-corrected chi connectivity index (χ2v) is 8.12. The van der Waals surface area contributed by atoms with E-state index in [1.165, 1.54) is 6.42 Å². The number of fused-ring (bicyclic) bond motifs is 1. The summed E-state index contributed by atoms with van der Waals surface area (Å²) >= 11 is 0. The van der Waals surface area contributed by atoms with Gasteiger partial charge in [-0.25, -0.2) is 0 Å². The molecule has 0 bridgehead atoms. The molecule has 2 aromatic rings. The molecule has 142 valence electrons. The number of likely N-dealkylation sites (N-methyl/N-ethyl adjacent to an activating group) is 1. The minimum atomic E-state index is 0.0745. The van der Waals surface area contributed by atoms with Gasteiger partial charge in [0.1, 0.15) is 0 Å². The molecule has 26 heavy (non-hydrogen) atoms. The lowest BCUT2D eigenvalue weighted by atomic mass is 9.98.